The number of halogens is 1. The number of likely N-dealkylation sites (N-methyl/N-ethyl adjacent to an activating group) is 1. The van der Waals surface area contributed by atoms with Gasteiger partial charge in [-0.3, -0.25) is 9.59 Å². The molecule has 2 amide bonds. The van der Waals surface area contributed by atoms with Crippen molar-refractivity contribution >= 4 is 23.6 Å². The number of nitrogens with zero attached hydrogens (tertiary/aromatic N) is 1. The molecule has 0 fully saturated rings. The van der Waals surface area contributed by atoms with Gasteiger partial charge in [-0.05, 0) is 36.6 Å². The molecule has 28 heavy (non-hydrogen) atoms. The standard InChI is InChI=1S/C22H27FN2O2S/c1-4-20(22(27)24-3)25(13-18-7-5-6-16(2)12-18)21(26)15-28-14-17-8-10-19(23)11-9-17/h5-12,20H,4,13-15H2,1-3H3,(H,24,27)/t20-/m0/s1. The molecule has 0 spiro atoms. The van der Waals surface area contributed by atoms with Crippen molar-refractivity contribution in [2.24, 2.45) is 0 Å². The van der Waals surface area contributed by atoms with Crippen LogP contribution in [0, 0.1) is 12.7 Å². The summed E-state index contributed by atoms with van der Waals surface area (Å²) < 4.78 is 13.0. The van der Waals surface area contributed by atoms with E-state index in [1.54, 1.807) is 24.1 Å². The molecule has 0 bridgehead atoms. The van der Waals surface area contributed by atoms with Crippen LogP contribution in [0.3, 0.4) is 0 Å². The number of benzene rings is 2. The molecule has 0 unspecified atom stereocenters. The number of thioether (sulfide) groups is 1. The monoisotopic (exact) mass is 402 g/mol. The average Bonchev–Trinajstić information content (AvgIpc) is 2.69. The molecule has 2 aromatic carbocycles. The summed E-state index contributed by atoms with van der Waals surface area (Å²) in [7, 11) is 1.59. The highest BCUT2D eigenvalue weighted by Gasteiger charge is 2.27. The number of hydrogen-bond donors (Lipinski definition) is 1. The van der Waals surface area contributed by atoms with Gasteiger partial charge in [0.05, 0.1) is 5.75 Å². The third-order valence-corrected chi connectivity index (χ3v) is 5.46. The number of amides is 2. The molecule has 6 heteroatoms. The Morgan fingerprint density at radius 2 is 1.86 bits per heavy atom. The van der Waals surface area contributed by atoms with E-state index in [2.05, 4.69) is 5.32 Å². The van der Waals surface area contributed by atoms with Gasteiger partial charge in [0.2, 0.25) is 11.8 Å². The number of hydrogen-bond acceptors (Lipinski definition) is 3. The maximum absolute atomic E-state index is 13.0. The van der Waals surface area contributed by atoms with Crippen molar-refractivity contribution in [3.05, 3.63) is 71.0 Å². The third-order valence-electron chi connectivity index (χ3n) is 4.48. The largest absolute Gasteiger partial charge is 0.357 e. The van der Waals surface area contributed by atoms with Crippen molar-refractivity contribution in [2.75, 3.05) is 12.8 Å². The van der Waals surface area contributed by atoms with E-state index in [4.69, 9.17) is 0 Å². The molecule has 0 saturated carbocycles. The van der Waals surface area contributed by atoms with Gasteiger partial charge in [-0.1, -0.05) is 48.9 Å². The lowest BCUT2D eigenvalue weighted by atomic mass is 10.1. The van der Waals surface area contributed by atoms with Crippen molar-refractivity contribution in [2.45, 2.75) is 38.6 Å². The topological polar surface area (TPSA) is 49.4 Å². The second-order valence-corrected chi connectivity index (χ2v) is 7.65. The minimum Gasteiger partial charge on any atom is -0.357 e. The molecule has 0 aliphatic heterocycles. The maximum atomic E-state index is 13.0. The summed E-state index contributed by atoms with van der Waals surface area (Å²) in [6, 6.07) is 13.7. The Balaban J connectivity index is 2.08. The normalized spacial score (nSPS) is 11.7. The van der Waals surface area contributed by atoms with Crippen LogP contribution in [0.1, 0.15) is 30.0 Å². The van der Waals surface area contributed by atoms with Crippen LogP contribution in [-0.2, 0) is 21.9 Å². The summed E-state index contributed by atoms with van der Waals surface area (Å²) >= 11 is 1.46. The SMILES string of the molecule is CC[C@@H](C(=O)NC)N(Cc1cccc(C)c1)C(=O)CSCc1ccc(F)cc1. The average molecular weight is 403 g/mol. The summed E-state index contributed by atoms with van der Waals surface area (Å²) in [5.74, 6) is 0.360. The van der Waals surface area contributed by atoms with E-state index in [0.29, 0.717) is 18.7 Å². The minimum atomic E-state index is -0.510. The van der Waals surface area contributed by atoms with E-state index < -0.39 is 6.04 Å². The summed E-state index contributed by atoms with van der Waals surface area (Å²) in [5, 5.41) is 2.66. The number of carbonyl (C=O) groups excluding carboxylic acids is 2. The summed E-state index contributed by atoms with van der Waals surface area (Å²) in [5.41, 5.74) is 3.07. The lowest BCUT2D eigenvalue weighted by Crippen LogP contribution is -2.48. The van der Waals surface area contributed by atoms with Crippen LogP contribution in [0.15, 0.2) is 48.5 Å². The molecule has 1 N–H and O–H groups in total. The van der Waals surface area contributed by atoms with E-state index in [0.717, 1.165) is 16.7 Å². The van der Waals surface area contributed by atoms with Gasteiger partial charge in [0, 0.05) is 19.3 Å². The highest BCUT2D eigenvalue weighted by atomic mass is 32.2. The van der Waals surface area contributed by atoms with Gasteiger partial charge in [-0.15, -0.1) is 11.8 Å². The zero-order valence-electron chi connectivity index (χ0n) is 16.6. The van der Waals surface area contributed by atoms with Crippen LogP contribution in [0.2, 0.25) is 0 Å². The highest BCUT2D eigenvalue weighted by Crippen LogP contribution is 2.18. The molecule has 150 valence electrons. The first kappa shape index (κ1) is 22.0. The van der Waals surface area contributed by atoms with Crippen LogP contribution in [0.5, 0.6) is 0 Å². The fourth-order valence-electron chi connectivity index (χ4n) is 3.01. The summed E-state index contributed by atoms with van der Waals surface area (Å²) in [6.45, 7) is 4.30. The van der Waals surface area contributed by atoms with Gasteiger partial charge < -0.3 is 10.2 Å². The number of aryl methyl sites for hydroxylation is 1. The van der Waals surface area contributed by atoms with Gasteiger partial charge in [0.15, 0.2) is 0 Å². The predicted octanol–water partition coefficient (Wildman–Crippen LogP) is 3.92. The molecular weight excluding hydrogens is 375 g/mol. The van der Waals surface area contributed by atoms with Crippen molar-refractivity contribution in [3.63, 3.8) is 0 Å². The van der Waals surface area contributed by atoms with Gasteiger partial charge in [0.1, 0.15) is 11.9 Å². The molecule has 0 heterocycles. The minimum absolute atomic E-state index is 0.0796. The zero-order chi connectivity index (χ0) is 20.5. The first-order valence-electron chi connectivity index (χ1n) is 9.33. The van der Waals surface area contributed by atoms with E-state index in [9.17, 15) is 14.0 Å². The Labute approximate surface area is 170 Å². The van der Waals surface area contributed by atoms with Crippen molar-refractivity contribution in [1.29, 1.82) is 0 Å². The molecule has 0 radical (unpaired) electrons. The fraction of sp³-hybridized carbons (Fsp3) is 0.364. The van der Waals surface area contributed by atoms with E-state index in [1.165, 1.54) is 23.9 Å². The van der Waals surface area contributed by atoms with Crippen LogP contribution in [-0.4, -0.2) is 35.6 Å². The quantitative estimate of drug-likeness (QED) is 0.692. The van der Waals surface area contributed by atoms with Crippen LogP contribution >= 0.6 is 11.8 Å². The summed E-state index contributed by atoms with van der Waals surface area (Å²) in [6.07, 6.45) is 0.542. The van der Waals surface area contributed by atoms with Gasteiger partial charge in [0.25, 0.3) is 0 Å². The second-order valence-electron chi connectivity index (χ2n) is 6.67. The lowest BCUT2D eigenvalue weighted by Gasteiger charge is -2.30. The first-order valence-corrected chi connectivity index (χ1v) is 10.5. The Bertz CT molecular complexity index is 795. The highest BCUT2D eigenvalue weighted by molar-refractivity contribution is 7.99. The van der Waals surface area contributed by atoms with Crippen molar-refractivity contribution < 1.29 is 14.0 Å². The molecule has 0 aliphatic carbocycles. The Kier molecular flexibility index (Phi) is 8.51. The van der Waals surface area contributed by atoms with Crippen molar-refractivity contribution in [1.82, 2.24) is 10.2 Å². The maximum Gasteiger partial charge on any atom is 0.242 e. The lowest BCUT2D eigenvalue weighted by molar-refractivity contribution is -0.139. The number of nitrogens with one attached hydrogen (secondary N) is 1. The second kappa shape index (κ2) is 10.9. The zero-order valence-corrected chi connectivity index (χ0v) is 17.4. The van der Waals surface area contributed by atoms with Crippen molar-refractivity contribution in [3.8, 4) is 0 Å². The van der Waals surface area contributed by atoms with Gasteiger partial charge >= 0.3 is 0 Å². The van der Waals surface area contributed by atoms with E-state index in [-0.39, 0.29) is 23.4 Å². The molecule has 2 rings (SSSR count). The Morgan fingerprint density at radius 1 is 1.14 bits per heavy atom. The molecule has 0 aromatic heterocycles. The third kappa shape index (κ3) is 6.37. The van der Waals surface area contributed by atoms with Gasteiger partial charge in [-0.2, -0.15) is 0 Å². The molecule has 0 aliphatic rings. The number of carbonyl (C=O) groups is 2. The van der Waals surface area contributed by atoms with Gasteiger partial charge in [-0.25, -0.2) is 4.39 Å². The van der Waals surface area contributed by atoms with E-state index >= 15 is 0 Å². The van der Waals surface area contributed by atoms with E-state index in [1.807, 2.05) is 38.1 Å². The molecule has 2 aromatic rings. The molecule has 0 saturated heterocycles. The Morgan fingerprint density at radius 3 is 2.46 bits per heavy atom. The molecule has 1 atom stereocenters. The van der Waals surface area contributed by atoms with Crippen LogP contribution in [0.25, 0.3) is 0 Å². The fourth-order valence-corrected chi connectivity index (χ4v) is 3.88. The Hall–Kier alpha value is -2.34. The van der Waals surface area contributed by atoms with Crippen LogP contribution in [0.4, 0.5) is 4.39 Å². The first-order chi connectivity index (χ1) is 13.4. The smallest absolute Gasteiger partial charge is 0.242 e. The molecular formula is C22H27FN2O2S. The number of rotatable bonds is 9. The van der Waals surface area contributed by atoms with Crippen LogP contribution < -0.4 is 5.32 Å². The predicted molar refractivity (Wildman–Crippen MR) is 112 cm³/mol. The summed E-state index contributed by atoms with van der Waals surface area (Å²) in [4.78, 5) is 26.9. The molecule has 4 nitrogen and oxygen atoms in total.